The fraction of sp³-hybridized carbons (Fsp3) is 0.368. The largest absolute Gasteiger partial charge is 0.439 e. The van der Waals surface area contributed by atoms with Gasteiger partial charge in [0.25, 0.3) is 0 Å². The Labute approximate surface area is 167 Å². The van der Waals surface area contributed by atoms with Gasteiger partial charge in [0.1, 0.15) is 5.75 Å². The van der Waals surface area contributed by atoms with Crippen molar-refractivity contribution in [1.29, 1.82) is 0 Å². The molecule has 1 fully saturated rings. The van der Waals surface area contributed by atoms with Gasteiger partial charge in [0.05, 0.1) is 25.1 Å². The molecule has 3 rings (SSSR count). The number of nitrogens with zero attached hydrogens (tertiary/aromatic N) is 3. The monoisotopic (exact) mass is 434 g/mol. The summed E-state index contributed by atoms with van der Waals surface area (Å²) < 4.78 is 12.0. The predicted octanol–water partition coefficient (Wildman–Crippen LogP) is 3.43. The summed E-state index contributed by atoms with van der Waals surface area (Å²) in [7, 11) is 1.79. The van der Waals surface area contributed by atoms with Crippen molar-refractivity contribution in [3.63, 3.8) is 0 Å². The Morgan fingerprint density at radius 3 is 2.85 bits per heavy atom. The second-order valence-electron chi connectivity index (χ2n) is 6.25. The van der Waals surface area contributed by atoms with E-state index in [-0.39, 0.29) is 6.03 Å². The van der Waals surface area contributed by atoms with Gasteiger partial charge in [-0.05, 0) is 24.3 Å². The molecular weight excluding hydrogens is 412 g/mol. The fourth-order valence-electron chi connectivity index (χ4n) is 2.60. The number of hydrogen-bond donors (Lipinski definition) is 1. The van der Waals surface area contributed by atoms with Crippen LogP contribution in [0.2, 0.25) is 0 Å². The van der Waals surface area contributed by atoms with Crippen LogP contribution in [0.3, 0.4) is 0 Å². The van der Waals surface area contributed by atoms with E-state index in [9.17, 15) is 4.79 Å². The molecule has 7 nitrogen and oxygen atoms in total. The van der Waals surface area contributed by atoms with Gasteiger partial charge in [-0.1, -0.05) is 22.0 Å². The molecule has 0 aliphatic carbocycles. The number of carbonyl (C=O) groups excluding carboxylic acids is 1. The maximum absolute atomic E-state index is 12.3. The molecule has 1 aliphatic rings. The number of aromatic nitrogens is 1. The molecule has 2 heterocycles. The maximum atomic E-state index is 12.3. The van der Waals surface area contributed by atoms with Crippen molar-refractivity contribution >= 4 is 27.6 Å². The number of anilines is 1. The van der Waals surface area contributed by atoms with E-state index in [1.165, 1.54) is 0 Å². The van der Waals surface area contributed by atoms with Crippen LogP contribution in [0.15, 0.2) is 47.1 Å². The number of amides is 2. The first-order chi connectivity index (χ1) is 13.1. The summed E-state index contributed by atoms with van der Waals surface area (Å²) in [6.45, 7) is 4.85. The summed E-state index contributed by atoms with van der Waals surface area (Å²) in [4.78, 5) is 20.5. The van der Waals surface area contributed by atoms with Crippen molar-refractivity contribution in [3.05, 3.63) is 47.1 Å². The molecule has 1 aliphatic heterocycles. The first-order valence-corrected chi connectivity index (χ1v) is 9.61. The highest BCUT2D eigenvalue weighted by Gasteiger charge is 2.14. The van der Waals surface area contributed by atoms with Crippen LogP contribution in [0.25, 0.3) is 0 Å². The third-order valence-corrected chi connectivity index (χ3v) is 4.70. The lowest BCUT2D eigenvalue weighted by molar-refractivity contribution is 0.0359. The number of pyridine rings is 1. The lowest BCUT2D eigenvalue weighted by Crippen LogP contribution is -2.42. The van der Waals surface area contributed by atoms with Crippen molar-refractivity contribution < 1.29 is 14.3 Å². The van der Waals surface area contributed by atoms with Gasteiger partial charge in [0, 0.05) is 43.8 Å². The number of halogens is 1. The number of carbonyl (C=O) groups is 1. The average molecular weight is 435 g/mol. The summed E-state index contributed by atoms with van der Waals surface area (Å²) >= 11 is 3.40. The summed E-state index contributed by atoms with van der Waals surface area (Å²) in [5, 5.41) is 2.85. The molecule has 0 unspecified atom stereocenters. The third-order valence-electron chi connectivity index (χ3n) is 4.21. The second kappa shape index (κ2) is 9.68. The van der Waals surface area contributed by atoms with Crippen LogP contribution in [-0.2, 0) is 4.74 Å². The lowest BCUT2D eigenvalue weighted by Gasteiger charge is -2.28. The highest BCUT2D eigenvalue weighted by atomic mass is 79.9. The van der Waals surface area contributed by atoms with Crippen LogP contribution >= 0.6 is 15.9 Å². The third kappa shape index (κ3) is 6.20. The van der Waals surface area contributed by atoms with Gasteiger partial charge in [0.15, 0.2) is 0 Å². The second-order valence-corrected chi connectivity index (χ2v) is 7.17. The number of hydrogen-bond acceptors (Lipinski definition) is 5. The van der Waals surface area contributed by atoms with Crippen LogP contribution in [0, 0.1) is 0 Å². The van der Waals surface area contributed by atoms with Gasteiger partial charge >= 0.3 is 6.03 Å². The number of urea groups is 1. The molecule has 2 aromatic rings. The van der Waals surface area contributed by atoms with Crippen molar-refractivity contribution in [2.45, 2.75) is 0 Å². The van der Waals surface area contributed by atoms with E-state index in [1.54, 1.807) is 30.3 Å². The van der Waals surface area contributed by atoms with Crippen LogP contribution in [0.1, 0.15) is 0 Å². The molecule has 144 valence electrons. The topological polar surface area (TPSA) is 66.9 Å². The molecule has 2 amide bonds. The van der Waals surface area contributed by atoms with Crippen molar-refractivity contribution in [2.75, 3.05) is 51.8 Å². The van der Waals surface area contributed by atoms with Crippen molar-refractivity contribution in [1.82, 2.24) is 14.8 Å². The molecule has 0 atom stereocenters. The van der Waals surface area contributed by atoms with Gasteiger partial charge in [-0.3, -0.25) is 4.90 Å². The normalized spacial score (nSPS) is 14.6. The Bertz CT molecular complexity index is 751. The smallest absolute Gasteiger partial charge is 0.321 e. The molecule has 8 heteroatoms. The zero-order chi connectivity index (χ0) is 19.1. The molecule has 27 heavy (non-hydrogen) atoms. The number of benzene rings is 1. The van der Waals surface area contributed by atoms with E-state index < -0.39 is 0 Å². The first-order valence-electron chi connectivity index (χ1n) is 8.82. The first kappa shape index (κ1) is 19.6. The fourth-order valence-corrected chi connectivity index (χ4v) is 2.98. The van der Waals surface area contributed by atoms with E-state index >= 15 is 0 Å². The van der Waals surface area contributed by atoms with Crippen molar-refractivity contribution in [3.8, 4) is 11.6 Å². The molecule has 1 N–H and O–H groups in total. The zero-order valence-electron chi connectivity index (χ0n) is 15.2. The standard InChI is InChI=1S/C19H23BrN4O3/c1-23(7-8-24-9-11-26-12-10-24)19(25)22-16-5-6-18(21-14-16)27-17-4-2-3-15(20)13-17/h2-6,13-14H,7-12H2,1H3,(H,22,25). The average Bonchev–Trinajstić information content (AvgIpc) is 2.68. The Kier molecular flexibility index (Phi) is 7.03. The van der Waals surface area contributed by atoms with Crippen molar-refractivity contribution in [2.24, 2.45) is 0 Å². The van der Waals surface area contributed by atoms with Crippen LogP contribution in [-0.4, -0.2) is 67.3 Å². The van der Waals surface area contributed by atoms with Crippen LogP contribution in [0.5, 0.6) is 11.6 Å². The molecule has 1 aromatic heterocycles. The minimum Gasteiger partial charge on any atom is -0.439 e. The highest BCUT2D eigenvalue weighted by Crippen LogP contribution is 2.23. The Hall–Kier alpha value is -2.16. The molecule has 0 spiro atoms. The minimum atomic E-state index is -0.161. The number of rotatable bonds is 6. The SMILES string of the molecule is CN(CCN1CCOCC1)C(=O)Nc1ccc(Oc2cccc(Br)c2)nc1. The number of ether oxygens (including phenoxy) is 2. The highest BCUT2D eigenvalue weighted by molar-refractivity contribution is 9.10. The van der Waals surface area contributed by atoms with Crippen LogP contribution in [0.4, 0.5) is 10.5 Å². The molecule has 0 radical (unpaired) electrons. The molecule has 1 aromatic carbocycles. The van der Waals surface area contributed by atoms with E-state index in [4.69, 9.17) is 9.47 Å². The Morgan fingerprint density at radius 1 is 1.33 bits per heavy atom. The Morgan fingerprint density at radius 2 is 2.15 bits per heavy atom. The lowest BCUT2D eigenvalue weighted by atomic mass is 10.3. The Balaban J connectivity index is 1.47. The van der Waals surface area contributed by atoms with E-state index in [0.29, 0.717) is 23.9 Å². The van der Waals surface area contributed by atoms with Gasteiger partial charge in [-0.15, -0.1) is 0 Å². The number of morpholine rings is 1. The molecule has 0 saturated carbocycles. The number of nitrogens with one attached hydrogen (secondary N) is 1. The van der Waals surface area contributed by atoms with E-state index in [2.05, 4.69) is 31.1 Å². The zero-order valence-corrected chi connectivity index (χ0v) is 16.8. The van der Waals surface area contributed by atoms with Gasteiger partial charge in [-0.2, -0.15) is 0 Å². The van der Waals surface area contributed by atoms with Gasteiger partial charge in [-0.25, -0.2) is 9.78 Å². The summed E-state index contributed by atoms with van der Waals surface area (Å²) in [6, 6.07) is 10.9. The van der Waals surface area contributed by atoms with Gasteiger partial charge < -0.3 is 19.7 Å². The quantitative estimate of drug-likeness (QED) is 0.753. The predicted molar refractivity (Wildman–Crippen MR) is 107 cm³/mol. The van der Waals surface area contributed by atoms with E-state index in [1.807, 2.05) is 24.3 Å². The van der Waals surface area contributed by atoms with Crippen LogP contribution < -0.4 is 10.1 Å². The summed E-state index contributed by atoms with van der Waals surface area (Å²) in [5.74, 6) is 1.16. The van der Waals surface area contributed by atoms with E-state index in [0.717, 1.165) is 37.3 Å². The van der Waals surface area contributed by atoms with Gasteiger partial charge in [0.2, 0.25) is 5.88 Å². The number of likely N-dealkylation sites (N-methyl/N-ethyl adjacent to an activating group) is 1. The molecule has 1 saturated heterocycles. The summed E-state index contributed by atoms with van der Waals surface area (Å²) in [5.41, 5.74) is 0.625. The maximum Gasteiger partial charge on any atom is 0.321 e. The summed E-state index contributed by atoms with van der Waals surface area (Å²) in [6.07, 6.45) is 1.58. The molecule has 0 bridgehead atoms. The molecular formula is C19H23BrN4O3. The minimum absolute atomic E-state index is 0.161.